The van der Waals surface area contributed by atoms with E-state index in [-0.39, 0.29) is 11.0 Å². The van der Waals surface area contributed by atoms with Crippen molar-refractivity contribution in [3.8, 4) is 0 Å². The van der Waals surface area contributed by atoms with Crippen LogP contribution >= 0.6 is 39.9 Å². The van der Waals surface area contributed by atoms with Gasteiger partial charge in [0.1, 0.15) is 0 Å². The number of nitrogens with one attached hydrogen (secondary N) is 2. The average Bonchev–Trinajstić information content (AvgIpc) is 3.09. The molecule has 3 aromatic rings. The molecule has 0 aliphatic carbocycles. The fourth-order valence-electron chi connectivity index (χ4n) is 2.36. The Morgan fingerprint density at radius 2 is 1.86 bits per heavy atom. The third-order valence-electron chi connectivity index (χ3n) is 3.77. The minimum absolute atomic E-state index is 0.184. The predicted molar refractivity (Wildman–Crippen MR) is 119 cm³/mol. The van der Waals surface area contributed by atoms with Crippen LogP contribution in [0.5, 0.6) is 0 Å². The van der Waals surface area contributed by atoms with Gasteiger partial charge in [0.05, 0.1) is 0 Å². The fraction of sp³-hybridized carbons (Fsp3) is 0.158. The first kappa shape index (κ1) is 20.5. The fourth-order valence-corrected chi connectivity index (χ4v) is 3.68. The van der Waals surface area contributed by atoms with Gasteiger partial charge in [-0.05, 0) is 42.0 Å². The Hall–Kier alpha value is -2.23. The van der Waals surface area contributed by atoms with Crippen LogP contribution in [0.3, 0.4) is 0 Å². The van der Waals surface area contributed by atoms with Crippen molar-refractivity contribution in [3.63, 3.8) is 0 Å². The van der Waals surface area contributed by atoms with Crippen molar-refractivity contribution in [2.75, 3.05) is 5.43 Å². The van der Waals surface area contributed by atoms with E-state index < -0.39 is 0 Å². The zero-order valence-electron chi connectivity index (χ0n) is 15.1. The number of aromatic nitrogens is 3. The Labute approximate surface area is 181 Å². The zero-order chi connectivity index (χ0) is 19.9. The quantitative estimate of drug-likeness (QED) is 0.412. The van der Waals surface area contributed by atoms with Gasteiger partial charge < -0.3 is 0 Å². The molecule has 0 atom stereocenters. The number of amides is 1. The van der Waals surface area contributed by atoms with Gasteiger partial charge in [0.2, 0.25) is 5.16 Å². The molecule has 1 aromatic heterocycles. The molecule has 144 valence electrons. The molecule has 28 heavy (non-hydrogen) atoms. The van der Waals surface area contributed by atoms with Crippen molar-refractivity contribution in [1.82, 2.24) is 20.2 Å². The van der Waals surface area contributed by atoms with Crippen molar-refractivity contribution >= 4 is 50.9 Å². The average molecular weight is 476 g/mol. The summed E-state index contributed by atoms with van der Waals surface area (Å²) in [5.74, 6) is 1.20. The number of nitrogens with zero attached hydrogens (tertiary/aromatic N) is 3. The maximum absolute atomic E-state index is 12.3. The van der Waals surface area contributed by atoms with E-state index in [1.54, 1.807) is 40.7 Å². The summed E-state index contributed by atoms with van der Waals surface area (Å²) in [5, 5.41) is 12.0. The molecule has 0 saturated heterocycles. The van der Waals surface area contributed by atoms with Crippen molar-refractivity contribution in [3.05, 3.63) is 76.0 Å². The highest BCUT2D eigenvalue weighted by molar-refractivity contribution is 9.10. The number of hydrogen-bond donors (Lipinski definition) is 2. The number of benzene rings is 2. The molecule has 9 heteroatoms. The van der Waals surface area contributed by atoms with Crippen LogP contribution in [0.1, 0.15) is 28.7 Å². The van der Waals surface area contributed by atoms with E-state index >= 15 is 0 Å². The van der Waals surface area contributed by atoms with Crippen LogP contribution < -0.4 is 10.7 Å². The minimum Gasteiger partial charge on any atom is -0.298 e. The number of hydrogen-bond acceptors (Lipinski definition) is 5. The van der Waals surface area contributed by atoms with Gasteiger partial charge >= 0.3 is 0 Å². The van der Waals surface area contributed by atoms with Gasteiger partial charge in [-0.3, -0.25) is 15.5 Å². The van der Waals surface area contributed by atoms with Gasteiger partial charge in [0.25, 0.3) is 5.91 Å². The van der Waals surface area contributed by atoms with Gasteiger partial charge in [-0.1, -0.05) is 64.9 Å². The van der Waals surface area contributed by atoms with Crippen LogP contribution in [0.2, 0.25) is 0 Å². The number of aryl methyl sites for hydroxylation is 1. The Kier molecular flexibility index (Phi) is 7.18. The molecule has 2 N–H and O–H groups in total. The van der Waals surface area contributed by atoms with Gasteiger partial charge in [0.15, 0.2) is 10.9 Å². The molecule has 0 saturated carbocycles. The second kappa shape index (κ2) is 9.81. The van der Waals surface area contributed by atoms with E-state index in [4.69, 9.17) is 12.2 Å². The molecule has 2 aromatic carbocycles. The molecule has 0 aliphatic rings. The monoisotopic (exact) mass is 475 g/mol. The summed E-state index contributed by atoms with van der Waals surface area (Å²) in [5.41, 5.74) is 4.72. The number of carbonyl (C=O) groups excluding carboxylic acids is 1. The highest BCUT2D eigenvalue weighted by atomic mass is 79.9. The standard InChI is InChI=1S/C19H18BrN5OS2/c1-2-16-22-23-19(28-12-13-6-4-3-5-7-13)25(16)24-18(27)21-17(26)14-8-10-15(20)11-9-14/h3-11H,2,12H2,1H3,(H2,21,24,26,27). The Bertz CT molecular complexity index is 960. The number of thioether (sulfide) groups is 1. The van der Waals surface area contributed by atoms with E-state index in [1.165, 1.54) is 5.56 Å². The van der Waals surface area contributed by atoms with Gasteiger partial charge in [-0.15, -0.1) is 10.2 Å². The molecule has 0 radical (unpaired) electrons. The third-order valence-corrected chi connectivity index (χ3v) is 5.50. The van der Waals surface area contributed by atoms with Crippen LogP contribution in [0, 0.1) is 0 Å². The SMILES string of the molecule is CCc1nnc(SCc2ccccc2)n1NC(=S)NC(=O)c1ccc(Br)cc1. The number of halogens is 1. The second-order valence-electron chi connectivity index (χ2n) is 5.76. The number of thiocarbonyl (C=S) groups is 1. The lowest BCUT2D eigenvalue weighted by molar-refractivity contribution is 0.0977. The Balaban J connectivity index is 1.66. The largest absolute Gasteiger partial charge is 0.298 e. The summed E-state index contributed by atoms with van der Waals surface area (Å²) in [6.07, 6.45) is 0.676. The van der Waals surface area contributed by atoms with E-state index in [2.05, 4.69) is 49.0 Å². The molecule has 0 fully saturated rings. The molecule has 3 rings (SSSR count). The highest BCUT2D eigenvalue weighted by Crippen LogP contribution is 2.21. The van der Waals surface area contributed by atoms with Crippen LogP contribution in [-0.4, -0.2) is 25.9 Å². The van der Waals surface area contributed by atoms with Gasteiger partial charge in [0, 0.05) is 22.2 Å². The topological polar surface area (TPSA) is 71.8 Å². The second-order valence-corrected chi connectivity index (χ2v) is 8.03. The summed E-state index contributed by atoms with van der Waals surface area (Å²) in [7, 11) is 0. The first-order chi connectivity index (χ1) is 13.6. The minimum atomic E-state index is -0.283. The smallest absolute Gasteiger partial charge is 0.257 e. The van der Waals surface area contributed by atoms with E-state index in [9.17, 15) is 4.79 Å². The molecular weight excluding hydrogens is 458 g/mol. The summed E-state index contributed by atoms with van der Waals surface area (Å²) in [6, 6.07) is 17.2. The first-order valence-electron chi connectivity index (χ1n) is 8.55. The molecule has 0 bridgehead atoms. The molecule has 0 spiro atoms. The van der Waals surface area contributed by atoms with Crippen LogP contribution in [0.25, 0.3) is 0 Å². The zero-order valence-corrected chi connectivity index (χ0v) is 18.3. The molecule has 0 aliphatic heterocycles. The molecule has 0 unspecified atom stereocenters. The summed E-state index contributed by atoms with van der Waals surface area (Å²) >= 11 is 10.2. The lowest BCUT2D eigenvalue weighted by Crippen LogP contribution is -2.38. The summed E-state index contributed by atoms with van der Waals surface area (Å²) in [6.45, 7) is 1.98. The van der Waals surface area contributed by atoms with Crippen molar-refractivity contribution < 1.29 is 4.79 Å². The normalized spacial score (nSPS) is 10.5. The Morgan fingerprint density at radius 1 is 1.14 bits per heavy atom. The lowest BCUT2D eigenvalue weighted by Gasteiger charge is -2.13. The van der Waals surface area contributed by atoms with Crippen LogP contribution in [-0.2, 0) is 12.2 Å². The van der Waals surface area contributed by atoms with E-state index in [0.29, 0.717) is 17.1 Å². The number of carbonyl (C=O) groups is 1. The molecule has 1 amide bonds. The van der Waals surface area contributed by atoms with Crippen molar-refractivity contribution in [2.45, 2.75) is 24.3 Å². The van der Waals surface area contributed by atoms with Crippen molar-refractivity contribution in [2.24, 2.45) is 0 Å². The first-order valence-corrected chi connectivity index (χ1v) is 10.7. The maximum atomic E-state index is 12.3. The summed E-state index contributed by atoms with van der Waals surface area (Å²) < 4.78 is 2.62. The molecule has 6 nitrogen and oxygen atoms in total. The third kappa shape index (κ3) is 5.40. The van der Waals surface area contributed by atoms with Crippen molar-refractivity contribution in [1.29, 1.82) is 0 Å². The van der Waals surface area contributed by atoms with Gasteiger partial charge in [-0.25, -0.2) is 4.68 Å². The van der Waals surface area contributed by atoms with E-state index in [1.807, 2.05) is 25.1 Å². The van der Waals surface area contributed by atoms with E-state index in [0.717, 1.165) is 16.0 Å². The Morgan fingerprint density at radius 3 is 2.54 bits per heavy atom. The lowest BCUT2D eigenvalue weighted by atomic mass is 10.2. The van der Waals surface area contributed by atoms with Crippen LogP contribution in [0.15, 0.2) is 64.2 Å². The molecule has 1 heterocycles. The van der Waals surface area contributed by atoms with Gasteiger partial charge in [-0.2, -0.15) is 0 Å². The maximum Gasteiger partial charge on any atom is 0.257 e. The summed E-state index contributed by atoms with van der Waals surface area (Å²) in [4.78, 5) is 12.3. The number of rotatable bonds is 6. The predicted octanol–water partition coefficient (Wildman–Crippen LogP) is 4.15. The molecular formula is C19H18BrN5OS2. The highest BCUT2D eigenvalue weighted by Gasteiger charge is 2.14. The van der Waals surface area contributed by atoms with Crippen LogP contribution in [0.4, 0.5) is 0 Å².